The molecule has 0 saturated carbocycles. The largest absolute Gasteiger partial charge is 0.497 e. The SMILES string of the molecule is COc1cccc(CCNC(=O)c2n[nH]c3c2CCCC3)c1. The Kier molecular flexibility index (Phi) is 4.42. The van der Waals surface area contributed by atoms with Crippen LogP contribution >= 0.6 is 0 Å². The molecule has 0 saturated heterocycles. The minimum atomic E-state index is -0.0812. The van der Waals surface area contributed by atoms with Gasteiger partial charge in [-0.1, -0.05) is 12.1 Å². The van der Waals surface area contributed by atoms with Crippen LogP contribution in [-0.4, -0.2) is 29.8 Å². The summed E-state index contributed by atoms with van der Waals surface area (Å²) in [5, 5.41) is 10.2. The molecule has 5 nitrogen and oxygen atoms in total. The lowest BCUT2D eigenvalue weighted by atomic mass is 9.96. The van der Waals surface area contributed by atoms with Crippen LogP contribution in [0.4, 0.5) is 0 Å². The molecule has 3 rings (SSSR count). The summed E-state index contributed by atoms with van der Waals surface area (Å²) in [7, 11) is 1.65. The maximum Gasteiger partial charge on any atom is 0.272 e. The molecule has 2 aromatic rings. The van der Waals surface area contributed by atoms with Crippen molar-refractivity contribution in [1.82, 2.24) is 15.5 Å². The van der Waals surface area contributed by atoms with Crippen molar-refractivity contribution in [2.75, 3.05) is 13.7 Å². The summed E-state index contributed by atoms with van der Waals surface area (Å²) in [6, 6.07) is 7.89. The third kappa shape index (κ3) is 3.13. The molecule has 2 N–H and O–H groups in total. The zero-order valence-electron chi connectivity index (χ0n) is 12.8. The first-order chi connectivity index (χ1) is 10.8. The molecule has 22 heavy (non-hydrogen) atoms. The van der Waals surface area contributed by atoms with Crippen LogP contribution in [-0.2, 0) is 19.3 Å². The van der Waals surface area contributed by atoms with E-state index in [1.54, 1.807) is 7.11 Å². The van der Waals surface area contributed by atoms with Crippen molar-refractivity contribution < 1.29 is 9.53 Å². The molecule has 1 heterocycles. The molecule has 0 atom stereocenters. The van der Waals surface area contributed by atoms with E-state index in [9.17, 15) is 4.79 Å². The number of carbonyl (C=O) groups excluding carboxylic acids is 1. The van der Waals surface area contributed by atoms with Crippen molar-refractivity contribution in [3.8, 4) is 5.75 Å². The van der Waals surface area contributed by atoms with E-state index in [1.807, 2.05) is 24.3 Å². The van der Waals surface area contributed by atoms with E-state index in [0.29, 0.717) is 12.2 Å². The van der Waals surface area contributed by atoms with Gasteiger partial charge in [0.05, 0.1) is 7.11 Å². The second-order valence-electron chi connectivity index (χ2n) is 5.59. The van der Waals surface area contributed by atoms with Crippen LogP contribution in [0.5, 0.6) is 5.75 Å². The standard InChI is InChI=1S/C17H21N3O2/c1-22-13-6-4-5-12(11-13)9-10-18-17(21)16-14-7-2-3-8-15(14)19-20-16/h4-6,11H,2-3,7-10H2,1H3,(H,18,21)(H,19,20). The number of aromatic nitrogens is 2. The van der Waals surface area contributed by atoms with Crippen molar-refractivity contribution in [2.45, 2.75) is 32.1 Å². The smallest absolute Gasteiger partial charge is 0.272 e. The Morgan fingerprint density at radius 3 is 3.09 bits per heavy atom. The van der Waals surface area contributed by atoms with Crippen molar-refractivity contribution in [1.29, 1.82) is 0 Å². The number of rotatable bonds is 5. The quantitative estimate of drug-likeness (QED) is 0.890. The maximum atomic E-state index is 12.3. The summed E-state index contributed by atoms with van der Waals surface area (Å²) in [6.45, 7) is 0.591. The van der Waals surface area contributed by atoms with Crippen molar-refractivity contribution in [2.24, 2.45) is 0 Å². The zero-order chi connectivity index (χ0) is 15.4. The summed E-state index contributed by atoms with van der Waals surface area (Å²) in [5.74, 6) is 0.757. The van der Waals surface area contributed by atoms with E-state index in [0.717, 1.165) is 48.3 Å². The number of benzene rings is 1. The van der Waals surface area contributed by atoms with Gasteiger partial charge in [-0.25, -0.2) is 0 Å². The van der Waals surface area contributed by atoms with Crippen LogP contribution in [0.15, 0.2) is 24.3 Å². The number of fused-ring (bicyclic) bond motifs is 1. The highest BCUT2D eigenvalue weighted by Gasteiger charge is 2.21. The Hall–Kier alpha value is -2.30. The monoisotopic (exact) mass is 299 g/mol. The summed E-state index contributed by atoms with van der Waals surface area (Å²) in [6.07, 6.45) is 5.03. The van der Waals surface area contributed by atoms with Crippen LogP contribution < -0.4 is 10.1 Å². The predicted octanol–water partition coefficient (Wildman–Crippen LogP) is 2.27. The first kappa shape index (κ1) is 14.6. The number of aryl methyl sites for hydroxylation is 1. The van der Waals surface area contributed by atoms with Gasteiger partial charge in [-0.2, -0.15) is 5.10 Å². The Balaban J connectivity index is 1.57. The van der Waals surface area contributed by atoms with Gasteiger partial charge in [0.2, 0.25) is 0 Å². The van der Waals surface area contributed by atoms with Gasteiger partial charge in [0, 0.05) is 17.8 Å². The first-order valence-electron chi connectivity index (χ1n) is 7.75. The van der Waals surface area contributed by atoms with Gasteiger partial charge in [-0.15, -0.1) is 0 Å². The minimum absolute atomic E-state index is 0.0812. The fourth-order valence-corrected chi connectivity index (χ4v) is 2.90. The molecular formula is C17H21N3O2. The van der Waals surface area contributed by atoms with Gasteiger partial charge in [0.1, 0.15) is 5.75 Å². The average Bonchev–Trinajstić information content (AvgIpc) is 2.99. The molecule has 116 valence electrons. The van der Waals surface area contributed by atoms with E-state index in [1.165, 1.54) is 6.42 Å². The second-order valence-corrected chi connectivity index (χ2v) is 5.59. The van der Waals surface area contributed by atoms with E-state index < -0.39 is 0 Å². The number of nitrogens with zero attached hydrogens (tertiary/aromatic N) is 1. The number of H-pyrrole nitrogens is 1. The number of nitrogens with one attached hydrogen (secondary N) is 2. The second kappa shape index (κ2) is 6.64. The summed E-state index contributed by atoms with van der Waals surface area (Å²) >= 11 is 0. The van der Waals surface area contributed by atoms with E-state index >= 15 is 0 Å². The van der Waals surface area contributed by atoms with Crippen LogP contribution in [0.25, 0.3) is 0 Å². The number of ether oxygens (including phenoxy) is 1. The highest BCUT2D eigenvalue weighted by Crippen LogP contribution is 2.22. The summed E-state index contributed by atoms with van der Waals surface area (Å²) in [4.78, 5) is 12.3. The van der Waals surface area contributed by atoms with Gasteiger partial charge in [0.15, 0.2) is 5.69 Å². The van der Waals surface area contributed by atoms with Crippen LogP contribution in [0, 0.1) is 0 Å². The van der Waals surface area contributed by atoms with Crippen molar-refractivity contribution in [3.05, 3.63) is 46.8 Å². The van der Waals surface area contributed by atoms with E-state index in [2.05, 4.69) is 15.5 Å². The fourth-order valence-electron chi connectivity index (χ4n) is 2.90. The molecule has 0 fully saturated rings. The number of amides is 1. The minimum Gasteiger partial charge on any atom is -0.497 e. The topological polar surface area (TPSA) is 67.0 Å². The Bertz CT molecular complexity index is 664. The zero-order valence-corrected chi connectivity index (χ0v) is 12.8. The van der Waals surface area contributed by atoms with Crippen LogP contribution in [0.2, 0.25) is 0 Å². The Morgan fingerprint density at radius 2 is 2.23 bits per heavy atom. The third-order valence-corrected chi connectivity index (χ3v) is 4.10. The Morgan fingerprint density at radius 1 is 1.36 bits per heavy atom. The lowest BCUT2D eigenvalue weighted by molar-refractivity contribution is 0.0948. The summed E-state index contributed by atoms with van der Waals surface area (Å²) in [5.41, 5.74) is 3.94. The predicted molar refractivity (Wildman–Crippen MR) is 84.3 cm³/mol. The molecule has 0 aliphatic heterocycles. The normalized spacial score (nSPS) is 13.5. The first-order valence-corrected chi connectivity index (χ1v) is 7.75. The molecule has 1 aliphatic carbocycles. The Labute approximate surface area is 130 Å². The maximum absolute atomic E-state index is 12.3. The average molecular weight is 299 g/mol. The molecule has 0 bridgehead atoms. The van der Waals surface area contributed by atoms with Gasteiger partial charge < -0.3 is 10.1 Å². The number of aromatic amines is 1. The lowest BCUT2D eigenvalue weighted by Gasteiger charge is -2.11. The number of hydrogen-bond acceptors (Lipinski definition) is 3. The molecule has 1 aromatic carbocycles. The number of hydrogen-bond donors (Lipinski definition) is 2. The molecule has 0 spiro atoms. The number of carbonyl (C=O) groups is 1. The van der Waals surface area contributed by atoms with Gasteiger partial charge in [-0.05, 0) is 49.8 Å². The van der Waals surface area contributed by atoms with Gasteiger partial charge in [-0.3, -0.25) is 9.89 Å². The molecule has 0 unspecified atom stereocenters. The third-order valence-electron chi connectivity index (χ3n) is 4.10. The lowest BCUT2D eigenvalue weighted by Crippen LogP contribution is -2.27. The molecule has 1 aliphatic rings. The molecule has 1 amide bonds. The molecule has 0 radical (unpaired) electrons. The highest BCUT2D eigenvalue weighted by atomic mass is 16.5. The van der Waals surface area contributed by atoms with Crippen molar-refractivity contribution >= 4 is 5.91 Å². The molecular weight excluding hydrogens is 278 g/mol. The molecule has 5 heteroatoms. The summed E-state index contributed by atoms with van der Waals surface area (Å²) < 4.78 is 5.20. The van der Waals surface area contributed by atoms with Gasteiger partial charge in [0.25, 0.3) is 5.91 Å². The molecule has 1 aromatic heterocycles. The fraction of sp³-hybridized carbons (Fsp3) is 0.412. The van der Waals surface area contributed by atoms with Gasteiger partial charge >= 0.3 is 0 Å². The highest BCUT2D eigenvalue weighted by molar-refractivity contribution is 5.94. The number of methoxy groups -OCH3 is 1. The van der Waals surface area contributed by atoms with Crippen molar-refractivity contribution in [3.63, 3.8) is 0 Å². The van der Waals surface area contributed by atoms with Crippen LogP contribution in [0.1, 0.15) is 40.2 Å². The van der Waals surface area contributed by atoms with Crippen LogP contribution in [0.3, 0.4) is 0 Å². The van der Waals surface area contributed by atoms with E-state index in [-0.39, 0.29) is 5.91 Å². The van der Waals surface area contributed by atoms with E-state index in [4.69, 9.17) is 4.74 Å².